The van der Waals surface area contributed by atoms with Crippen LogP contribution in [0.4, 0.5) is 9.18 Å². The first-order chi connectivity index (χ1) is 11.5. The average molecular weight is 392 g/mol. The molecule has 0 aromatic carbocycles. The number of carbonyl (C=O) groups excluding carboxylic acids is 2. The zero-order valence-electron chi connectivity index (χ0n) is 14.5. The minimum absolute atomic E-state index is 0.0542. The van der Waals surface area contributed by atoms with Gasteiger partial charge in [-0.3, -0.25) is 4.79 Å². The molecule has 0 radical (unpaired) electrons. The zero-order chi connectivity index (χ0) is 18.9. The Morgan fingerprint density at radius 1 is 1.28 bits per heavy atom. The summed E-state index contributed by atoms with van der Waals surface area (Å²) in [6.07, 6.45) is -0.427. The van der Waals surface area contributed by atoms with Gasteiger partial charge in [-0.1, -0.05) is 23.2 Å². The van der Waals surface area contributed by atoms with Crippen LogP contribution in [0.15, 0.2) is 6.07 Å². The van der Waals surface area contributed by atoms with E-state index < -0.39 is 23.4 Å². The predicted octanol–water partition coefficient (Wildman–Crippen LogP) is 3.61. The fraction of sp³-hybridized carbons (Fsp3) is 0.562. The number of carbonyl (C=O) groups is 2. The number of aromatic nitrogens is 1. The van der Waals surface area contributed by atoms with E-state index in [1.807, 2.05) is 6.92 Å². The largest absolute Gasteiger partial charge is 0.444 e. The number of nitrogens with zero attached hydrogens (tertiary/aromatic N) is 3. The molecule has 0 bridgehead atoms. The molecular weight excluding hydrogens is 372 g/mol. The number of amides is 2. The minimum Gasteiger partial charge on any atom is -0.444 e. The van der Waals surface area contributed by atoms with Crippen LogP contribution in [0.25, 0.3) is 0 Å². The van der Waals surface area contributed by atoms with Gasteiger partial charge < -0.3 is 14.5 Å². The minimum atomic E-state index is -0.810. The van der Waals surface area contributed by atoms with Gasteiger partial charge in [0.2, 0.25) is 0 Å². The summed E-state index contributed by atoms with van der Waals surface area (Å²) in [7, 11) is 0. The molecule has 25 heavy (non-hydrogen) atoms. The smallest absolute Gasteiger partial charge is 0.410 e. The Morgan fingerprint density at radius 2 is 1.92 bits per heavy atom. The van der Waals surface area contributed by atoms with Gasteiger partial charge in [0.1, 0.15) is 10.8 Å². The predicted molar refractivity (Wildman–Crippen MR) is 92.5 cm³/mol. The molecule has 0 unspecified atom stereocenters. The Bertz CT molecular complexity index is 694. The molecule has 0 N–H and O–H groups in total. The molecule has 2 amide bonds. The van der Waals surface area contributed by atoms with E-state index in [-0.39, 0.29) is 35.0 Å². The van der Waals surface area contributed by atoms with Gasteiger partial charge in [-0.2, -0.15) is 0 Å². The van der Waals surface area contributed by atoms with Crippen molar-refractivity contribution in [2.45, 2.75) is 39.3 Å². The summed E-state index contributed by atoms with van der Waals surface area (Å²) in [5.74, 6) is -1.27. The summed E-state index contributed by atoms with van der Waals surface area (Å²) in [4.78, 5) is 31.5. The molecule has 2 heterocycles. The van der Waals surface area contributed by atoms with E-state index in [2.05, 4.69) is 4.98 Å². The van der Waals surface area contributed by atoms with Gasteiger partial charge >= 0.3 is 6.09 Å². The van der Waals surface area contributed by atoms with E-state index in [0.29, 0.717) is 6.54 Å². The molecule has 1 aliphatic rings. The number of halogens is 3. The third-order valence-electron chi connectivity index (χ3n) is 3.66. The Morgan fingerprint density at radius 3 is 2.48 bits per heavy atom. The van der Waals surface area contributed by atoms with Crippen LogP contribution in [0.3, 0.4) is 0 Å². The Hall–Kier alpha value is -1.60. The number of hydrogen-bond donors (Lipinski definition) is 0. The third-order valence-corrected chi connectivity index (χ3v) is 4.21. The van der Waals surface area contributed by atoms with Crippen LogP contribution in [0, 0.1) is 5.82 Å². The van der Waals surface area contributed by atoms with Crippen LogP contribution >= 0.6 is 23.2 Å². The normalized spacial score (nSPS) is 18.3. The number of piperazine rings is 1. The van der Waals surface area contributed by atoms with Crippen molar-refractivity contribution in [3.8, 4) is 0 Å². The van der Waals surface area contributed by atoms with E-state index in [4.69, 9.17) is 27.9 Å². The molecule has 2 rings (SSSR count). The van der Waals surface area contributed by atoms with E-state index >= 15 is 0 Å². The van der Waals surface area contributed by atoms with Crippen molar-refractivity contribution in [1.82, 2.24) is 14.8 Å². The number of hydrogen-bond acceptors (Lipinski definition) is 4. The maximum atomic E-state index is 13.6. The fourth-order valence-electron chi connectivity index (χ4n) is 2.50. The molecule has 0 saturated carbocycles. The SMILES string of the molecule is C[C@H]1CN(C(=O)c2cc(F)c(Cl)nc2Cl)CCN1C(=O)OC(C)(C)C. The number of pyridine rings is 1. The van der Waals surface area contributed by atoms with Crippen molar-refractivity contribution >= 4 is 35.2 Å². The highest BCUT2D eigenvalue weighted by Gasteiger charge is 2.33. The van der Waals surface area contributed by atoms with Gasteiger partial charge in [-0.05, 0) is 33.8 Å². The first-order valence-electron chi connectivity index (χ1n) is 7.80. The molecule has 9 heteroatoms. The van der Waals surface area contributed by atoms with Crippen molar-refractivity contribution in [1.29, 1.82) is 0 Å². The first kappa shape index (κ1) is 19.7. The van der Waals surface area contributed by atoms with E-state index in [0.717, 1.165) is 6.07 Å². The molecule has 6 nitrogen and oxygen atoms in total. The van der Waals surface area contributed by atoms with Crippen LogP contribution in [-0.4, -0.2) is 58.1 Å². The second-order valence-corrected chi connectivity index (χ2v) is 7.59. The number of rotatable bonds is 1. The Labute approximate surface area is 155 Å². The summed E-state index contributed by atoms with van der Waals surface area (Å²) in [5.41, 5.74) is -0.648. The molecule has 1 atom stereocenters. The highest BCUT2D eigenvalue weighted by Crippen LogP contribution is 2.23. The lowest BCUT2D eigenvalue weighted by atomic mass is 10.1. The molecule has 1 fully saturated rings. The van der Waals surface area contributed by atoms with Crippen LogP contribution in [0.1, 0.15) is 38.1 Å². The zero-order valence-corrected chi connectivity index (χ0v) is 16.0. The van der Waals surface area contributed by atoms with Gasteiger partial charge in [0.05, 0.1) is 5.56 Å². The third kappa shape index (κ3) is 4.73. The molecular formula is C16H20Cl2FN3O3. The molecule has 0 spiro atoms. The highest BCUT2D eigenvalue weighted by atomic mass is 35.5. The summed E-state index contributed by atoms with van der Waals surface area (Å²) in [6.45, 7) is 8.05. The highest BCUT2D eigenvalue weighted by molar-refractivity contribution is 6.34. The molecule has 1 aromatic heterocycles. The second-order valence-electron chi connectivity index (χ2n) is 6.87. The molecule has 1 aromatic rings. The topological polar surface area (TPSA) is 62.7 Å². The molecule has 138 valence electrons. The van der Waals surface area contributed by atoms with Crippen LogP contribution in [-0.2, 0) is 4.74 Å². The Kier molecular flexibility index (Phi) is 5.79. The van der Waals surface area contributed by atoms with E-state index in [1.165, 1.54) is 4.90 Å². The molecule has 1 saturated heterocycles. The molecule has 0 aliphatic carbocycles. The van der Waals surface area contributed by atoms with E-state index in [9.17, 15) is 14.0 Å². The van der Waals surface area contributed by atoms with E-state index in [1.54, 1.807) is 25.7 Å². The van der Waals surface area contributed by atoms with Crippen LogP contribution in [0.5, 0.6) is 0 Å². The lowest BCUT2D eigenvalue weighted by Crippen LogP contribution is -2.56. The summed E-state index contributed by atoms with van der Waals surface area (Å²) < 4.78 is 19.0. The maximum absolute atomic E-state index is 13.6. The summed E-state index contributed by atoms with van der Waals surface area (Å²) in [6, 6.07) is 0.724. The average Bonchev–Trinajstić information content (AvgIpc) is 2.48. The van der Waals surface area contributed by atoms with Gasteiger partial charge in [-0.15, -0.1) is 0 Å². The van der Waals surface area contributed by atoms with Crippen molar-refractivity contribution in [3.05, 3.63) is 27.8 Å². The van der Waals surface area contributed by atoms with Gasteiger partial charge in [-0.25, -0.2) is 14.2 Å². The van der Waals surface area contributed by atoms with Crippen LogP contribution in [0.2, 0.25) is 10.3 Å². The van der Waals surface area contributed by atoms with Crippen molar-refractivity contribution in [2.75, 3.05) is 19.6 Å². The van der Waals surface area contributed by atoms with Gasteiger partial charge in [0.25, 0.3) is 5.91 Å². The monoisotopic (exact) mass is 391 g/mol. The van der Waals surface area contributed by atoms with Crippen molar-refractivity contribution in [2.24, 2.45) is 0 Å². The molecule has 1 aliphatic heterocycles. The van der Waals surface area contributed by atoms with Crippen molar-refractivity contribution in [3.63, 3.8) is 0 Å². The lowest BCUT2D eigenvalue weighted by molar-refractivity contribution is 0.00197. The first-order valence-corrected chi connectivity index (χ1v) is 8.55. The van der Waals surface area contributed by atoms with Crippen LogP contribution < -0.4 is 0 Å². The lowest BCUT2D eigenvalue weighted by Gasteiger charge is -2.40. The summed E-state index contributed by atoms with van der Waals surface area (Å²) >= 11 is 11.5. The Balaban J connectivity index is 2.09. The van der Waals surface area contributed by atoms with Gasteiger partial charge in [0, 0.05) is 25.7 Å². The maximum Gasteiger partial charge on any atom is 0.410 e. The second kappa shape index (κ2) is 7.33. The standard InChI is InChI=1S/C16H20Cl2FN3O3/c1-9-8-21(5-6-22(9)15(24)25-16(2,3)4)14(23)10-7-11(19)13(18)20-12(10)17/h7,9H,5-6,8H2,1-4H3/t9-/m0/s1. The van der Waals surface area contributed by atoms with Crippen molar-refractivity contribution < 1.29 is 18.7 Å². The quantitative estimate of drug-likeness (QED) is 0.685. The fourth-order valence-corrected chi connectivity index (χ4v) is 2.90. The van der Waals surface area contributed by atoms with Gasteiger partial charge in [0.15, 0.2) is 11.0 Å². The number of ether oxygens (including phenoxy) is 1. The summed E-state index contributed by atoms with van der Waals surface area (Å²) in [5, 5.41) is -0.539.